The minimum Gasteiger partial charge on any atom is -0.455 e. The molecule has 44 heavy (non-hydrogen) atoms. The number of alkyl halides is 16. The fraction of sp³-hybridized carbons (Fsp3) is 0.731. The van der Waals surface area contributed by atoms with Crippen molar-refractivity contribution in [3.8, 4) is 0 Å². The largest absolute Gasteiger partial charge is 0.455 e. The van der Waals surface area contributed by atoms with Crippen LogP contribution in [-0.4, -0.2) is 60.5 Å². The molecule has 0 aromatic heterocycles. The van der Waals surface area contributed by atoms with Crippen LogP contribution >= 0.6 is 0 Å². The van der Waals surface area contributed by atoms with Crippen LogP contribution in [0.1, 0.15) is 73.7 Å². The quantitative estimate of drug-likeness (QED) is 0.145. The third-order valence-corrected chi connectivity index (χ3v) is 7.54. The fourth-order valence-electron chi connectivity index (χ4n) is 4.67. The maximum Gasteiger partial charge on any atom is 0.385 e. The van der Waals surface area contributed by atoms with Crippen LogP contribution < -0.4 is 0 Å². The van der Waals surface area contributed by atoms with E-state index in [9.17, 15) is 75.0 Å². The second-order valence-corrected chi connectivity index (χ2v) is 10.6. The van der Waals surface area contributed by atoms with Gasteiger partial charge in [-0.2, -0.15) is 61.5 Å². The lowest BCUT2D eigenvalue weighted by Crippen LogP contribution is -2.74. The Morgan fingerprint density at radius 3 is 1.64 bits per heavy atom. The zero-order valence-electron chi connectivity index (χ0n) is 22.6. The number of unbranched alkanes of at least 4 members (excludes halogenated alkanes) is 1. The highest BCUT2D eigenvalue weighted by atomic mass is 19.4. The molecule has 0 heterocycles. The number of hydrogen-bond acceptors (Lipinski definition) is 2. The average Bonchev–Trinajstić information content (AvgIpc) is 2.94. The van der Waals surface area contributed by atoms with E-state index >= 15 is 0 Å². The van der Waals surface area contributed by atoms with E-state index in [0.717, 1.165) is 57.1 Å². The molecule has 0 atom stereocenters. The molecule has 1 aliphatic carbocycles. The lowest BCUT2D eigenvalue weighted by atomic mass is 9.77. The number of benzene rings is 1. The van der Waals surface area contributed by atoms with Crippen molar-refractivity contribution < 1.29 is 79.8 Å². The highest BCUT2D eigenvalue weighted by Gasteiger charge is 2.93. The summed E-state index contributed by atoms with van der Waals surface area (Å²) in [7, 11) is 0. The van der Waals surface area contributed by atoms with Crippen molar-refractivity contribution in [3.63, 3.8) is 0 Å². The van der Waals surface area contributed by atoms with Gasteiger partial charge in [0.25, 0.3) is 0 Å². The normalized spacial score (nSPS) is 19.8. The highest BCUT2D eigenvalue weighted by Crippen LogP contribution is 2.62. The molecule has 0 bridgehead atoms. The standard InChI is InChI=1S/C26H26F16O2/c1-2-3-4-14-5-7-15(8-6-14)16-9-11-17(12-10-16)18(43)44-13-20(29,30)22(33,34)24(37,38)26(41,42)25(39,40)23(35,36)21(31,32)19(27)28/h9-12,14-15,19H,2-8,13H2,1H3. The number of ether oxygens (including phenoxy) is 1. The second-order valence-electron chi connectivity index (χ2n) is 10.6. The second kappa shape index (κ2) is 12.8. The summed E-state index contributed by atoms with van der Waals surface area (Å²) in [6, 6.07) is 4.66. The van der Waals surface area contributed by atoms with Crippen LogP contribution in [0.4, 0.5) is 70.2 Å². The maximum absolute atomic E-state index is 14.0. The summed E-state index contributed by atoms with van der Waals surface area (Å²) in [5, 5.41) is 0. The molecule has 0 unspecified atom stereocenters. The number of carbonyl (C=O) groups excluding carboxylic acids is 1. The summed E-state index contributed by atoms with van der Waals surface area (Å²) in [6.07, 6.45) is 0.653. The molecule has 0 aliphatic heterocycles. The van der Waals surface area contributed by atoms with E-state index in [0.29, 0.717) is 11.5 Å². The van der Waals surface area contributed by atoms with E-state index in [1.165, 1.54) is 12.1 Å². The molecule has 0 N–H and O–H groups in total. The van der Waals surface area contributed by atoms with E-state index in [-0.39, 0.29) is 5.92 Å². The van der Waals surface area contributed by atoms with Crippen LogP contribution in [0.15, 0.2) is 24.3 Å². The summed E-state index contributed by atoms with van der Waals surface area (Å²) >= 11 is 0. The van der Waals surface area contributed by atoms with E-state index in [4.69, 9.17) is 0 Å². The van der Waals surface area contributed by atoms with E-state index in [2.05, 4.69) is 11.7 Å². The van der Waals surface area contributed by atoms with E-state index in [1.54, 1.807) is 0 Å². The molecule has 18 heteroatoms. The summed E-state index contributed by atoms with van der Waals surface area (Å²) in [6.45, 7) is -1.15. The predicted octanol–water partition coefficient (Wildman–Crippen LogP) is 10.0. The van der Waals surface area contributed by atoms with Gasteiger partial charge in [-0.15, -0.1) is 0 Å². The Balaban J connectivity index is 2.18. The molecular weight excluding hydrogens is 648 g/mol. The first-order chi connectivity index (χ1) is 19.8. The molecule has 2 rings (SSSR count). The number of rotatable bonds is 14. The molecule has 254 valence electrons. The molecule has 1 aromatic carbocycles. The Morgan fingerprint density at radius 2 is 1.18 bits per heavy atom. The summed E-state index contributed by atoms with van der Waals surface area (Å²) in [5.41, 5.74) is 0.0753. The number of hydrogen-bond donors (Lipinski definition) is 0. The predicted molar refractivity (Wildman–Crippen MR) is 122 cm³/mol. The fourth-order valence-corrected chi connectivity index (χ4v) is 4.67. The van der Waals surface area contributed by atoms with Gasteiger partial charge >= 0.3 is 53.9 Å². The van der Waals surface area contributed by atoms with Crippen molar-refractivity contribution in [2.24, 2.45) is 5.92 Å². The average molecular weight is 674 g/mol. The van der Waals surface area contributed by atoms with Crippen LogP contribution in [0.5, 0.6) is 0 Å². The van der Waals surface area contributed by atoms with Crippen LogP contribution in [0.3, 0.4) is 0 Å². The topological polar surface area (TPSA) is 26.3 Å². The zero-order chi connectivity index (χ0) is 34.2. The van der Waals surface area contributed by atoms with Crippen molar-refractivity contribution in [3.05, 3.63) is 35.4 Å². The van der Waals surface area contributed by atoms with E-state index in [1.807, 2.05) is 0 Å². The first kappa shape index (κ1) is 37.8. The minimum absolute atomic E-state index is 0.0519. The summed E-state index contributed by atoms with van der Waals surface area (Å²) < 4.78 is 219. The molecule has 1 saturated carbocycles. The Hall–Kier alpha value is -2.43. The Morgan fingerprint density at radius 1 is 0.727 bits per heavy atom. The van der Waals surface area contributed by atoms with Gasteiger partial charge in [0, 0.05) is 0 Å². The molecule has 0 radical (unpaired) electrons. The first-order valence-electron chi connectivity index (χ1n) is 13.0. The Kier molecular flexibility index (Phi) is 10.9. The van der Waals surface area contributed by atoms with Gasteiger partial charge in [-0.05, 0) is 55.2 Å². The monoisotopic (exact) mass is 674 g/mol. The highest BCUT2D eigenvalue weighted by molar-refractivity contribution is 5.89. The van der Waals surface area contributed by atoms with Gasteiger partial charge in [0.1, 0.15) is 0 Å². The van der Waals surface area contributed by atoms with Gasteiger partial charge < -0.3 is 4.74 Å². The maximum atomic E-state index is 14.0. The lowest BCUT2D eigenvalue weighted by molar-refractivity contribution is -0.447. The first-order valence-corrected chi connectivity index (χ1v) is 13.0. The van der Waals surface area contributed by atoms with Gasteiger partial charge in [-0.3, -0.25) is 0 Å². The molecule has 0 amide bonds. The number of esters is 1. The molecule has 1 aromatic rings. The van der Waals surface area contributed by atoms with Crippen molar-refractivity contribution in [1.29, 1.82) is 0 Å². The number of carbonyl (C=O) groups is 1. The van der Waals surface area contributed by atoms with Gasteiger partial charge in [-0.25, -0.2) is 13.6 Å². The molecule has 0 spiro atoms. The Labute approximate surface area is 240 Å². The molecule has 1 fully saturated rings. The van der Waals surface area contributed by atoms with Crippen molar-refractivity contribution in [2.45, 2.75) is 106 Å². The third kappa shape index (κ3) is 6.44. The summed E-state index contributed by atoms with van der Waals surface area (Å²) in [4.78, 5) is 12.1. The van der Waals surface area contributed by atoms with Crippen LogP contribution in [0.2, 0.25) is 0 Å². The van der Waals surface area contributed by atoms with Gasteiger partial charge in [0.15, 0.2) is 6.61 Å². The third-order valence-electron chi connectivity index (χ3n) is 7.54. The zero-order valence-corrected chi connectivity index (χ0v) is 22.6. The smallest absolute Gasteiger partial charge is 0.385 e. The molecule has 2 nitrogen and oxygen atoms in total. The van der Waals surface area contributed by atoms with Crippen LogP contribution in [0, 0.1) is 5.92 Å². The lowest BCUT2D eigenvalue weighted by Gasteiger charge is -2.42. The van der Waals surface area contributed by atoms with Gasteiger partial charge in [0.05, 0.1) is 5.56 Å². The molecule has 1 aliphatic rings. The van der Waals surface area contributed by atoms with E-state index < -0.39 is 66.0 Å². The molecule has 0 saturated heterocycles. The minimum atomic E-state index is -8.50. The Bertz CT molecular complexity index is 1110. The van der Waals surface area contributed by atoms with Gasteiger partial charge in [0.2, 0.25) is 0 Å². The van der Waals surface area contributed by atoms with Crippen LogP contribution in [-0.2, 0) is 4.74 Å². The van der Waals surface area contributed by atoms with Crippen molar-refractivity contribution in [2.75, 3.05) is 6.61 Å². The summed E-state index contributed by atoms with van der Waals surface area (Å²) in [5.74, 6) is -56.8. The SMILES string of the molecule is CCCCC1CCC(c2ccc(C(=O)OCC(F)(F)C(F)(F)C(F)(F)C(F)(F)C(F)(F)C(F)(F)C(F)(F)C(F)F)cc2)CC1. The van der Waals surface area contributed by atoms with Gasteiger partial charge in [-0.1, -0.05) is 38.3 Å². The van der Waals surface area contributed by atoms with Crippen molar-refractivity contribution >= 4 is 5.97 Å². The molecular formula is C26H26F16O2. The van der Waals surface area contributed by atoms with Crippen LogP contribution in [0.25, 0.3) is 0 Å². The number of halogens is 16. The van der Waals surface area contributed by atoms with Crippen molar-refractivity contribution in [1.82, 2.24) is 0 Å².